The van der Waals surface area contributed by atoms with Crippen LogP contribution in [0.15, 0.2) is 121 Å². The molecular formula is C39H42ClFeN5O3+2. The zero-order chi connectivity index (χ0) is 33.2. The van der Waals surface area contributed by atoms with Crippen LogP contribution in [0.5, 0.6) is 5.75 Å². The molecule has 0 amide bonds. The molecule has 0 saturated heterocycles. The quantitative estimate of drug-likeness (QED) is 0.0505. The summed E-state index contributed by atoms with van der Waals surface area (Å²) in [5.41, 5.74) is 4.48. The number of benzene rings is 2. The van der Waals surface area contributed by atoms with E-state index in [1.807, 2.05) is 71.6 Å². The molecule has 0 spiro atoms. The van der Waals surface area contributed by atoms with Crippen LogP contribution in [0.25, 0.3) is 10.9 Å². The van der Waals surface area contributed by atoms with Crippen molar-refractivity contribution in [2.75, 3.05) is 25.1 Å². The Morgan fingerprint density at radius 1 is 0.959 bits per heavy atom. The first-order valence-corrected chi connectivity index (χ1v) is 16.9. The molecule has 2 aliphatic rings. The summed E-state index contributed by atoms with van der Waals surface area (Å²) < 4.78 is 13.5. The van der Waals surface area contributed by atoms with Gasteiger partial charge in [-0.05, 0) is 98.7 Å². The normalized spacial score (nSPS) is 13.0. The molecule has 0 saturated carbocycles. The number of rotatable bonds is 17. The van der Waals surface area contributed by atoms with Gasteiger partial charge in [0.25, 0.3) is 0 Å². The van der Waals surface area contributed by atoms with Crippen LogP contribution in [0.2, 0.25) is 5.02 Å². The van der Waals surface area contributed by atoms with Gasteiger partial charge in [0.1, 0.15) is 11.4 Å². The van der Waals surface area contributed by atoms with Crippen LogP contribution in [0.4, 0.5) is 5.69 Å². The van der Waals surface area contributed by atoms with Crippen LogP contribution in [-0.4, -0.2) is 45.5 Å². The molecule has 4 aromatic rings. The largest absolute Gasteiger partial charge is 2.00 e. The van der Waals surface area contributed by atoms with Gasteiger partial charge < -0.3 is 14.8 Å². The molecule has 0 fully saturated rings. The Bertz CT molecular complexity index is 1770. The third-order valence-electron chi connectivity index (χ3n) is 7.64. The fourth-order valence-corrected chi connectivity index (χ4v) is 5.25. The van der Waals surface area contributed by atoms with Crippen molar-refractivity contribution in [1.29, 1.82) is 0 Å². The zero-order valence-corrected chi connectivity index (χ0v) is 29.4. The Morgan fingerprint density at radius 2 is 1.82 bits per heavy atom. The first-order valence-electron chi connectivity index (χ1n) is 16.5. The zero-order valence-electron chi connectivity index (χ0n) is 27.5. The average molecular weight is 720 g/mol. The second-order valence-electron chi connectivity index (χ2n) is 11.4. The monoisotopic (exact) mass is 719 g/mol. The Kier molecular flexibility index (Phi) is 16.1. The van der Waals surface area contributed by atoms with E-state index in [2.05, 4.69) is 57.1 Å². The number of carbonyl (C=O) groups is 1. The smallest absolute Gasteiger partial charge is 0.494 e. The third kappa shape index (κ3) is 12.9. The standard InChI is InChI=1S/C34H36ClN5O3.C5H6.Fe/c35-28-12-15-31-32(17-19-37-33(31)23-28)36-18-6-21-42-25-29-24-40(39-38-29)20-4-1-5-22-43-30-13-10-27(11-14-30)34(41)16-9-26-7-2-3-8-26;1-2-4-5-3-1;/h2,7-17,19,23-24H,1,3-6,18,20-22,25H2,(H,36,37);1-4H,5H2;/q;;+2/b16-9+;;. The molecule has 0 unspecified atom stereocenters. The van der Waals surface area contributed by atoms with E-state index < -0.39 is 0 Å². The summed E-state index contributed by atoms with van der Waals surface area (Å²) in [6.07, 6.45) is 27.6. The Balaban J connectivity index is 0.000000826. The number of allylic oxidation sites excluding steroid dienone is 10. The summed E-state index contributed by atoms with van der Waals surface area (Å²) >= 11 is 6.07. The van der Waals surface area contributed by atoms with Crippen molar-refractivity contribution in [3.05, 3.63) is 137 Å². The number of halogens is 1. The number of fused-ring (bicyclic) bond motifs is 1. The SMILES string of the molecule is C1=CCC=C1.O=C(/C=C/C1=CCC=C1)c1ccc(OCCCCCn2cc(COCCCNc3ccnc4cc(Cl)ccc34)nn2)cc1.[Fe+2]. The summed E-state index contributed by atoms with van der Waals surface area (Å²) in [5, 5.41) is 13.6. The molecule has 2 heterocycles. The maximum absolute atomic E-state index is 12.3. The number of anilines is 1. The number of aromatic nitrogens is 4. The van der Waals surface area contributed by atoms with Crippen molar-refractivity contribution < 1.29 is 31.3 Å². The fourth-order valence-electron chi connectivity index (χ4n) is 5.08. The molecule has 2 aliphatic carbocycles. The number of unbranched alkanes of at least 4 members (excludes halogenated alkanes) is 2. The van der Waals surface area contributed by atoms with Gasteiger partial charge in [0.05, 0.1) is 24.9 Å². The van der Waals surface area contributed by atoms with Crippen molar-refractivity contribution in [1.82, 2.24) is 20.0 Å². The molecule has 0 bridgehead atoms. The van der Waals surface area contributed by atoms with E-state index in [4.69, 9.17) is 21.1 Å². The molecule has 49 heavy (non-hydrogen) atoms. The predicted molar refractivity (Wildman–Crippen MR) is 194 cm³/mol. The van der Waals surface area contributed by atoms with Gasteiger partial charge in [0, 0.05) is 47.6 Å². The minimum Gasteiger partial charge on any atom is -0.494 e. The first kappa shape index (κ1) is 37.5. The van der Waals surface area contributed by atoms with E-state index in [1.54, 1.807) is 12.3 Å². The molecule has 0 radical (unpaired) electrons. The first-order chi connectivity index (χ1) is 23.6. The van der Waals surface area contributed by atoms with Crippen LogP contribution in [0, 0.1) is 0 Å². The maximum Gasteiger partial charge on any atom is 2.00 e. The molecule has 0 atom stereocenters. The molecule has 10 heteroatoms. The van der Waals surface area contributed by atoms with Crippen molar-refractivity contribution in [2.24, 2.45) is 0 Å². The fraction of sp³-hybridized carbons (Fsp3) is 0.282. The van der Waals surface area contributed by atoms with Crippen LogP contribution in [-0.2, 0) is 35.0 Å². The molecule has 6 rings (SSSR count). The number of aryl methyl sites for hydroxylation is 1. The van der Waals surface area contributed by atoms with E-state index in [1.165, 1.54) is 0 Å². The molecule has 8 nitrogen and oxygen atoms in total. The Morgan fingerprint density at radius 3 is 2.59 bits per heavy atom. The number of carbonyl (C=O) groups excluding carboxylic acids is 1. The topological polar surface area (TPSA) is 91.2 Å². The predicted octanol–water partition coefficient (Wildman–Crippen LogP) is 8.87. The maximum atomic E-state index is 12.3. The second kappa shape index (κ2) is 21.0. The van der Waals surface area contributed by atoms with Crippen molar-refractivity contribution >= 4 is 34.0 Å². The number of hydrogen-bond acceptors (Lipinski definition) is 7. The molecule has 0 aliphatic heterocycles. The molecule has 1 N–H and O–H groups in total. The van der Waals surface area contributed by atoms with Crippen LogP contribution in [0.3, 0.4) is 0 Å². The third-order valence-corrected chi connectivity index (χ3v) is 7.88. The van der Waals surface area contributed by atoms with Crippen LogP contribution >= 0.6 is 11.6 Å². The van der Waals surface area contributed by atoms with Gasteiger partial charge in [-0.25, -0.2) is 0 Å². The summed E-state index contributed by atoms with van der Waals surface area (Å²) in [7, 11) is 0. The van der Waals surface area contributed by atoms with Crippen molar-refractivity contribution in [3.8, 4) is 5.75 Å². The molecular weight excluding hydrogens is 678 g/mol. The van der Waals surface area contributed by atoms with Crippen molar-refractivity contribution in [3.63, 3.8) is 0 Å². The van der Waals surface area contributed by atoms with Crippen molar-refractivity contribution in [2.45, 2.75) is 51.7 Å². The van der Waals surface area contributed by atoms with Crippen LogP contribution < -0.4 is 10.1 Å². The number of pyridine rings is 1. The van der Waals surface area contributed by atoms with Gasteiger partial charge in [0.15, 0.2) is 5.78 Å². The molecule has 2 aromatic heterocycles. The number of ether oxygens (including phenoxy) is 2. The van der Waals surface area contributed by atoms with E-state index in [0.29, 0.717) is 30.4 Å². The minimum absolute atomic E-state index is 0. The number of hydrogen-bond donors (Lipinski definition) is 1. The van der Waals surface area contributed by atoms with E-state index in [0.717, 1.165) is 85.2 Å². The summed E-state index contributed by atoms with van der Waals surface area (Å²) in [6.45, 7) is 3.29. The van der Waals surface area contributed by atoms with E-state index in [9.17, 15) is 4.79 Å². The van der Waals surface area contributed by atoms with Crippen LogP contribution in [0.1, 0.15) is 54.6 Å². The van der Waals surface area contributed by atoms with Gasteiger partial charge in [-0.1, -0.05) is 65.4 Å². The molecule has 2 aromatic carbocycles. The van der Waals surface area contributed by atoms with Gasteiger partial charge in [-0.15, -0.1) is 5.10 Å². The van der Waals surface area contributed by atoms with E-state index in [-0.39, 0.29) is 22.9 Å². The Hall–Kier alpha value is -4.27. The number of nitrogens with zero attached hydrogens (tertiary/aromatic N) is 4. The van der Waals surface area contributed by atoms with Gasteiger partial charge >= 0.3 is 17.1 Å². The van der Waals surface area contributed by atoms with Gasteiger partial charge in [0.2, 0.25) is 0 Å². The summed E-state index contributed by atoms with van der Waals surface area (Å²) in [5.74, 6) is 0.764. The Labute approximate surface area is 304 Å². The second-order valence-corrected chi connectivity index (χ2v) is 11.8. The minimum atomic E-state index is -0.00886. The number of nitrogens with one attached hydrogen (secondary N) is 1. The van der Waals surface area contributed by atoms with Gasteiger partial charge in [-0.3, -0.25) is 14.5 Å². The van der Waals surface area contributed by atoms with Gasteiger partial charge in [-0.2, -0.15) is 0 Å². The summed E-state index contributed by atoms with van der Waals surface area (Å²) in [4.78, 5) is 16.7. The average Bonchev–Trinajstić information content (AvgIpc) is 3.93. The molecule has 254 valence electrons. The van der Waals surface area contributed by atoms with E-state index >= 15 is 0 Å². The number of ketones is 1. The summed E-state index contributed by atoms with van der Waals surface area (Å²) in [6, 6.07) is 15.0.